The van der Waals surface area contributed by atoms with Gasteiger partial charge in [0.05, 0.1) is 10.6 Å². The molecule has 0 bridgehead atoms. The van der Waals surface area contributed by atoms with Crippen LogP contribution in [0.4, 0.5) is 0 Å². The van der Waals surface area contributed by atoms with Crippen LogP contribution in [0.1, 0.15) is 38.2 Å². The topological polar surface area (TPSA) is 63.4 Å². The number of nitrogens with two attached hydrogens (primary N) is 1. The second-order valence-corrected chi connectivity index (χ2v) is 7.85. The predicted molar refractivity (Wildman–Crippen MR) is 85.9 cm³/mol. The summed E-state index contributed by atoms with van der Waals surface area (Å²) in [5.41, 5.74) is 6.45. The van der Waals surface area contributed by atoms with Gasteiger partial charge in [0.25, 0.3) is 0 Å². The molecule has 1 fully saturated rings. The van der Waals surface area contributed by atoms with Gasteiger partial charge in [-0.05, 0) is 37.1 Å². The Morgan fingerprint density at radius 3 is 2.62 bits per heavy atom. The zero-order chi connectivity index (χ0) is 15.3. The number of nitrogens with zero attached hydrogens (tertiary/aromatic N) is 1. The summed E-state index contributed by atoms with van der Waals surface area (Å²) in [7, 11) is -3.22. The number of hydrogen-bond donors (Lipinski definition) is 1. The maximum Gasteiger partial charge on any atom is 0.179 e. The lowest BCUT2D eigenvalue weighted by atomic mass is 10.2. The molecule has 5 heteroatoms. The van der Waals surface area contributed by atoms with Crippen LogP contribution in [0.3, 0.4) is 0 Å². The molecule has 0 aliphatic heterocycles. The van der Waals surface area contributed by atoms with Crippen molar-refractivity contribution in [2.24, 2.45) is 5.73 Å². The SMILES string of the molecule is CCN(CCS(=O)(=O)c1cccc(CN)c1)C1CCCC1. The Labute approximate surface area is 128 Å². The number of hydrogen-bond acceptors (Lipinski definition) is 4. The normalized spacial score (nSPS) is 16.7. The maximum atomic E-state index is 12.5. The standard InChI is InChI=1S/C16H26N2O2S/c1-2-18(15-7-3-4-8-15)10-11-21(19,20)16-9-5-6-14(12-16)13-17/h5-6,9,12,15H,2-4,7-8,10-11,13,17H2,1H3. The van der Waals surface area contributed by atoms with Crippen LogP contribution < -0.4 is 5.73 Å². The molecule has 0 atom stereocenters. The molecular weight excluding hydrogens is 284 g/mol. The molecule has 1 aromatic carbocycles. The van der Waals surface area contributed by atoms with Gasteiger partial charge in [0.15, 0.2) is 9.84 Å². The van der Waals surface area contributed by atoms with E-state index >= 15 is 0 Å². The maximum absolute atomic E-state index is 12.5. The Hall–Kier alpha value is -0.910. The van der Waals surface area contributed by atoms with Crippen LogP contribution in [0.5, 0.6) is 0 Å². The molecule has 1 saturated carbocycles. The quantitative estimate of drug-likeness (QED) is 0.838. The summed E-state index contributed by atoms with van der Waals surface area (Å²) in [5.74, 6) is 0.186. The van der Waals surface area contributed by atoms with Crippen molar-refractivity contribution in [3.63, 3.8) is 0 Å². The Morgan fingerprint density at radius 1 is 1.29 bits per heavy atom. The average Bonchev–Trinajstić information content (AvgIpc) is 3.02. The lowest BCUT2D eigenvalue weighted by molar-refractivity contribution is 0.221. The molecule has 21 heavy (non-hydrogen) atoms. The summed E-state index contributed by atoms with van der Waals surface area (Å²) in [6.45, 7) is 4.02. The smallest absolute Gasteiger partial charge is 0.179 e. The summed E-state index contributed by atoms with van der Waals surface area (Å²) in [6.07, 6.45) is 4.95. The monoisotopic (exact) mass is 310 g/mol. The number of rotatable bonds is 7. The van der Waals surface area contributed by atoms with E-state index in [2.05, 4.69) is 11.8 Å². The molecule has 0 radical (unpaired) electrons. The van der Waals surface area contributed by atoms with Crippen molar-refractivity contribution < 1.29 is 8.42 Å². The summed E-state index contributed by atoms with van der Waals surface area (Å²) in [6, 6.07) is 7.56. The summed E-state index contributed by atoms with van der Waals surface area (Å²) in [5, 5.41) is 0. The molecule has 1 aromatic rings. The highest BCUT2D eigenvalue weighted by atomic mass is 32.2. The molecule has 0 saturated heterocycles. The van der Waals surface area contributed by atoms with Gasteiger partial charge in [-0.15, -0.1) is 0 Å². The van der Waals surface area contributed by atoms with Gasteiger partial charge < -0.3 is 5.73 Å². The first-order valence-corrected chi connectivity index (χ1v) is 9.48. The molecule has 2 N–H and O–H groups in total. The second kappa shape index (κ2) is 7.38. The van der Waals surface area contributed by atoms with Crippen LogP contribution in [0.2, 0.25) is 0 Å². The minimum atomic E-state index is -3.22. The molecule has 0 heterocycles. The fourth-order valence-electron chi connectivity index (χ4n) is 3.09. The van der Waals surface area contributed by atoms with Gasteiger partial charge in [0, 0.05) is 19.1 Å². The van der Waals surface area contributed by atoms with Crippen molar-refractivity contribution in [3.05, 3.63) is 29.8 Å². The summed E-state index contributed by atoms with van der Waals surface area (Å²) < 4.78 is 24.9. The van der Waals surface area contributed by atoms with Crippen LogP contribution in [-0.2, 0) is 16.4 Å². The van der Waals surface area contributed by atoms with E-state index in [0.29, 0.717) is 24.0 Å². The zero-order valence-corrected chi connectivity index (χ0v) is 13.6. The van der Waals surface area contributed by atoms with Crippen LogP contribution in [0.25, 0.3) is 0 Å². The molecule has 4 nitrogen and oxygen atoms in total. The minimum Gasteiger partial charge on any atom is -0.326 e. The van der Waals surface area contributed by atoms with Crippen molar-refractivity contribution in [1.82, 2.24) is 4.90 Å². The summed E-state index contributed by atoms with van der Waals surface area (Å²) >= 11 is 0. The van der Waals surface area contributed by atoms with Gasteiger partial charge in [-0.2, -0.15) is 0 Å². The van der Waals surface area contributed by atoms with Crippen molar-refractivity contribution in [1.29, 1.82) is 0 Å². The van der Waals surface area contributed by atoms with Gasteiger partial charge in [-0.1, -0.05) is 31.9 Å². The molecule has 0 aromatic heterocycles. The van der Waals surface area contributed by atoms with Crippen molar-refractivity contribution in [3.8, 4) is 0 Å². The van der Waals surface area contributed by atoms with Crippen molar-refractivity contribution in [2.45, 2.75) is 50.1 Å². The molecule has 118 valence electrons. The molecule has 0 amide bonds. The molecule has 2 rings (SSSR count). The summed E-state index contributed by atoms with van der Waals surface area (Å²) in [4.78, 5) is 2.71. The largest absolute Gasteiger partial charge is 0.326 e. The fourth-order valence-corrected chi connectivity index (χ4v) is 4.42. The van der Waals surface area contributed by atoms with Crippen LogP contribution in [0.15, 0.2) is 29.2 Å². The highest BCUT2D eigenvalue weighted by Crippen LogP contribution is 2.23. The van der Waals surface area contributed by atoms with Crippen LogP contribution in [0, 0.1) is 0 Å². The first-order chi connectivity index (χ1) is 10.1. The molecule has 1 aliphatic rings. The molecular formula is C16H26N2O2S. The third-order valence-electron chi connectivity index (χ3n) is 4.39. The Kier molecular flexibility index (Phi) is 5.79. The lowest BCUT2D eigenvalue weighted by Gasteiger charge is -2.27. The van der Waals surface area contributed by atoms with E-state index in [1.165, 1.54) is 25.7 Å². The van der Waals surface area contributed by atoms with E-state index in [9.17, 15) is 8.42 Å². The fraction of sp³-hybridized carbons (Fsp3) is 0.625. The van der Waals surface area contributed by atoms with Gasteiger partial charge in [-0.25, -0.2) is 8.42 Å². The van der Waals surface area contributed by atoms with E-state index in [0.717, 1.165) is 12.1 Å². The average molecular weight is 310 g/mol. The first kappa shape index (κ1) is 16.5. The van der Waals surface area contributed by atoms with E-state index in [1.807, 2.05) is 6.07 Å². The van der Waals surface area contributed by atoms with E-state index in [1.54, 1.807) is 18.2 Å². The predicted octanol–water partition coefficient (Wildman–Crippen LogP) is 2.18. The second-order valence-electron chi connectivity index (χ2n) is 5.74. The Morgan fingerprint density at radius 2 is 2.00 bits per heavy atom. The van der Waals surface area contributed by atoms with Crippen LogP contribution >= 0.6 is 0 Å². The Balaban J connectivity index is 2.02. The third-order valence-corrected chi connectivity index (χ3v) is 6.08. The molecule has 0 spiro atoms. The highest BCUT2D eigenvalue weighted by molar-refractivity contribution is 7.91. The van der Waals surface area contributed by atoms with E-state index < -0.39 is 9.84 Å². The van der Waals surface area contributed by atoms with Crippen molar-refractivity contribution >= 4 is 9.84 Å². The minimum absolute atomic E-state index is 0.186. The van der Waals surface area contributed by atoms with Gasteiger partial charge in [0.2, 0.25) is 0 Å². The zero-order valence-electron chi connectivity index (χ0n) is 12.8. The number of sulfone groups is 1. The first-order valence-electron chi connectivity index (χ1n) is 7.82. The Bertz CT molecular complexity index is 551. The van der Waals surface area contributed by atoms with Gasteiger partial charge >= 0.3 is 0 Å². The lowest BCUT2D eigenvalue weighted by Crippen LogP contribution is -2.36. The van der Waals surface area contributed by atoms with Crippen LogP contribution in [-0.4, -0.2) is 38.2 Å². The number of benzene rings is 1. The van der Waals surface area contributed by atoms with Gasteiger partial charge in [-0.3, -0.25) is 4.90 Å². The molecule has 0 unspecified atom stereocenters. The van der Waals surface area contributed by atoms with Crippen molar-refractivity contribution in [2.75, 3.05) is 18.8 Å². The molecule has 1 aliphatic carbocycles. The van der Waals surface area contributed by atoms with E-state index in [-0.39, 0.29) is 5.75 Å². The third kappa shape index (κ3) is 4.28. The van der Waals surface area contributed by atoms with E-state index in [4.69, 9.17) is 5.73 Å². The highest BCUT2D eigenvalue weighted by Gasteiger charge is 2.23. The van der Waals surface area contributed by atoms with Gasteiger partial charge in [0.1, 0.15) is 0 Å².